The van der Waals surface area contributed by atoms with Gasteiger partial charge in [0.2, 0.25) is 21.8 Å². The van der Waals surface area contributed by atoms with Crippen molar-refractivity contribution in [1.82, 2.24) is 25.2 Å². The maximum absolute atomic E-state index is 14.7. The van der Waals surface area contributed by atoms with E-state index in [0.29, 0.717) is 43.9 Å². The summed E-state index contributed by atoms with van der Waals surface area (Å²) in [5, 5.41) is 5.89. The van der Waals surface area contributed by atoms with Crippen LogP contribution >= 0.6 is 11.6 Å². The number of aromatic nitrogens is 1. The third-order valence-electron chi connectivity index (χ3n) is 12.1. The number of halogens is 4. The Kier molecular flexibility index (Phi) is 10.5. The number of para-hydroxylation sites is 1. The highest BCUT2D eigenvalue weighted by molar-refractivity contribution is 7.91. The Balaban J connectivity index is 1.26. The highest BCUT2D eigenvalue weighted by Crippen LogP contribution is 2.51. The lowest BCUT2D eigenvalue weighted by Gasteiger charge is -2.37. The molecule has 1 aromatic heterocycles. The number of sulfonamides is 1. The van der Waals surface area contributed by atoms with E-state index in [0.717, 1.165) is 12.8 Å². The monoisotopic (exact) mass is 825 g/mol. The fourth-order valence-corrected chi connectivity index (χ4v) is 10.0. The molecule has 2 aliphatic carbocycles. The predicted octanol–water partition coefficient (Wildman–Crippen LogP) is 5.69. The van der Waals surface area contributed by atoms with Crippen molar-refractivity contribution in [3.05, 3.63) is 34.5 Å². The molecule has 2 saturated heterocycles. The Bertz CT molecular complexity index is 2060. The Morgan fingerprint density at radius 2 is 1.77 bits per heavy atom. The van der Waals surface area contributed by atoms with Gasteiger partial charge in [-0.05, 0) is 77.7 Å². The molecule has 1 spiro atoms. The van der Waals surface area contributed by atoms with Crippen LogP contribution in [0.5, 0.6) is 5.75 Å². The third kappa shape index (κ3) is 7.61. The molecule has 4 amide bonds. The molecule has 18 heteroatoms. The van der Waals surface area contributed by atoms with Crippen molar-refractivity contribution in [2.24, 2.45) is 5.92 Å². The summed E-state index contributed by atoms with van der Waals surface area (Å²) in [6.07, 6.45) is -1.12. The van der Waals surface area contributed by atoms with Gasteiger partial charge >= 0.3 is 12.3 Å². The average Bonchev–Trinajstić information content (AvgIpc) is 4.00. The minimum atomic E-state index is -4.95. The standard InChI is InChI=1S/C38H47ClF3N5O8S/c1-21(2)54-34(51)43-26-13-8-6-4-5-7-10-22-18-37(22,33(50)46-56(52,53)35(3)16-17-35)45-31(48)27-19-36(20-47(27)32(26)49)15-14-24-23-11-9-12-25(39)28(23)44-30(29(24)55-36)38(40,41)42/h9,11-12,21-22,26-27H,4-8,10,13-20H2,1-3H3,(H,43,51)(H,45,48)(H,46,50)/t22-,26?,27+,36-,37-/m1/s1. The summed E-state index contributed by atoms with van der Waals surface area (Å²) in [4.78, 5) is 61.1. The van der Waals surface area contributed by atoms with Crippen molar-refractivity contribution in [2.45, 2.75) is 144 Å². The van der Waals surface area contributed by atoms with Crippen LogP contribution in [-0.2, 0) is 41.7 Å². The van der Waals surface area contributed by atoms with Crippen LogP contribution in [0, 0.1) is 5.92 Å². The molecule has 3 N–H and O–H groups in total. The van der Waals surface area contributed by atoms with Crippen LogP contribution in [0.25, 0.3) is 10.9 Å². The first kappa shape index (κ1) is 40.3. The summed E-state index contributed by atoms with van der Waals surface area (Å²) < 4.78 is 83.1. The summed E-state index contributed by atoms with van der Waals surface area (Å²) >= 11 is 6.29. The Morgan fingerprint density at radius 3 is 2.45 bits per heavy atom. The second kappa shape index (κ2) is 14.5. The summed E-state index contributed by atoms with van der Waals surface area (Å²) in [6.45, 7) is 4.52. The van der Waals surface area contributed by atoms with Crippen LogP contribution in [0.1, 0.15) is 109 Å². The number of alkyl halides is 3. The second-order valence-electron chi connectivity index (χ2n) is 16.6. The number of benzene rings is 1. The first-order valence-electron chi connectivity index (χ1n) is 19.3. The lowest BCUT2D eigenvalue weighted by atomic mass is 9.87. The van der Waals surface area contributed by atoms with Crippen LogP contribution in [0.15, 0.2) is 18.2 Å². The van der Waals surface area contributed by atoms with Crippen LogP contribution in [0.3, 0.4) is 0 Å². The molecule has 1 aromatic carbocycles. The molecule has 1 unspecified atom stereocenters. The topological polar surface area (TPSA) is 173 Å². The fraction of sp³-hybridized carbons (Fsp3) is 0.658. The normalized spacial score (nSPS) is 29.2. The number of pyridine rings is 1. The summed E-state index contributed by atoms with van der Waals surface area (Å²) in [5.41, 5.74) is -4.16. The smallest absolute Gasteiger partial charge is 0.437 e. The molecule has 3 aliphatic heterocycles. The SMILES string of the molecule is CC(C)OC(=O)NC1CCCCCCC[C@@H]2C[C@@]2(C(=O)NS(=O)(=O)C2(C)CC2)NC(=O)[C@@H]2C[C@]3(CCc4c(c(C(F)(F)F)nc5c(Cl)cccc45)O3)CN2C1=O. The Hall–Kier alpha value is -3.86. The maximum Gasteiger partial charge on any atom is 0.437 e. The minimum Gasteiger partial charge on any atom is -0.483 e. The number of aryl methyl sites for hydroxylation is 1. The lowest BCUT2D eigenvalue weighted by molar-refractivity contribution is -0.144. The molecule has 7 rings (SSSR count). The van der Waals surface area contributed by atoms with Crippen molar-refractivity contribution in [3.63, 3.8) is 0 Å². The molecule has 2 aromatic rings. The number of nitrogens with zero attached hydrogens (tertiary/aromatic N) is 2. The van der Waals surface area contributed by atoms with Crippen LogP contribution in [0.2, 0.25) is 5.02 Å². The van der Waals surface area contributed by atoms with Gasteiger partial charge in [-0.2, -0.15) is 13.2 Å². The highest BCUT2D eigenvalue weighted by atomic mass is 35.5. The number of hydrogen-bond acceptors (Lipinski definition) is 9. The van der Waals surface area contributed by atoms with Crippen LogP contribution < -0.4 is 20.1 Å². The van der Waals surface area contributed by atoms with E-state index in [2.05, 4.69) is 20.3 Å². The number of alkyl carbamates (subject to hydrolysis) is 1. The van der Waals surface area contributed by atoms with E-state index in [9.17, 15) is 40.8 Å². The number of hydrogen-bond donors (Lipinski definition) is 3. The molecule has 13 nitrogen and oxygen atoms in total. The zero-order valence-corrected chi connectivity index (χ0v) is 33.1. The van der Waals surface area contributed by atoms with E-state index in [4.69, 9.17) is 21.1 Å². The van der Waals surface area contributed by atoms with E-state index in [1.807, 2.05) is 0 Å². The number of carbonyl (C=O) groups excluding carboxylic acids is 4. The minimum absolute atomic E-state index is 0.0316. The summed E-state index contributed by atoms with van der Waals surface area (Å²) in [6, 6.07) is 2.14. The second-order valence-corrected chi connectivity index (χ2v) is 19.2. The Labute approximate surface area is 328 Å². The molecule has 5 atom stereocenters. The number of fused-ring (bicyclic) bond motifs is 5. The molecular weight excluding hydrogens is 779 g/mol. The fourth-order valence-electron chi connectivity index (χ4n) is 8.51. The maximum atomic E-state index is 14.7. The Morgan fingerprint density at radius 1 is 1.07 bits per heavy atom. The number of amides is 4. The average molecular weight is 826 g/mol. The molecule has 2 saturated carbocycles. The van der Waals surface area contributed by atoms with Gasteiger partial charge in [0, 0.05) is 17.4 Å². The predicted molar refractivity (Wildman–Crippen MR) is 198 cm³/mol. The van der Waals surface area contributed by atoms with Crippen molar-refractivity contribution in [2.75, 3.05) is 6.54 Å². The zero-order valence-electron chi connectivity index (χ0n) is 31.5. The molecule has 306 valence electrons. The first-order chi connectivity index (χ1) is 26.3. The molecule has 0 bridgehead atoms. The van der Waals surface area contributed by atoms with Crippen molar-refractivity contribution < 1.29 is 50.2 Å². The summed E-state index contributed by atoms with van der Waals surface area (Å²) in [7, 11) is -4.06. The van der Waals surface area contributed by atoms with Gasteiger partial charge in [-0.15, -0.1) is 0 Å². The van der Waals surface area contributed by atoms with Gasteiger partial charge in [0.15, 0.2) is 11.4 Å². The van der Waals surface area contributed by atoms with Gasteiger partial charge in [0.1, 0.15) is 23.2 Å². The van der Waals surface area contributed by atoms with Crippen LogP contribution in [0.4, 0.5) is 18.0 Å². The summed E-state index contributed by atoms with van der Waals surface area (Å²) in [5.74, 6) is -3.20. The first-order valence-corrected chi connectivity index (χ1v) is 21.2. The van der Waals surface area contributed by atoms with E-state index in [-0.39, 0.29) is 60.7 Å². The van der Waals surface area contributed by atoms with Crippen molar-refractivity contribution in [3.8, 4) is 5.75 Å². The van der Waals surface area contributed by atoms with Gasteiger partial charge in [-0.3, -0.25) is 19.1 Å². The van der Waals surface area contributed by atoms with Gasteiger partial charge < -0.3 is 25.0 Å². The van der Waals surface area contributed by atoms with E-state index in [1.165, 1.54) is 11.0 Å². The quantitative estimate of drug-likeness (QED) is 0.342. The third-order valence-corrected chi connectivity index (χ3v) is 14.6. The number of nitrogens with one attached hydrogen (secondary N) is 3. The number of rotatable bonds is 5. The van der Waals surface area contributed by atoms with Crippen molar-refractivity contribution >= 4 is 56.3 Å². The number of carbonyl (C=O) groups is 4. The van der Waals surface area contributed by atoms with Crippen molar-refractivity contribution in [1.29, 1.82) is 0 Å². The molecule has 56 heavy (non-hydrogen) atoms. The van der Waals surface area contributed by atoms with Gasteiger partial charge in [0.05, 0.1) is 27.9 Å². The largest absolute Gasteiger partial charge is 0.483 e. The van der Waals surface area contributed by atoms with Crippen LogP contribution in [-0.4, -0.2) is 82.7 Å². The molecule has 5 aliphatic rings. The molecule has 0 radical (unpaired) electrons. The lowest BCUT2D eigenvalue weighted by Crippen LogP contribution is -2.58. The van der Waals surface area contributed by atoms with Gasteiger partial charge in [0.25, 0.3) is 5.91 Å². The van der Waals surface area contributed by atoms with E-state index in [1.54, 1.807) is 32.9 Å². The molecular formula is C38H47ClF3N5O8S. The zero-order chi connectivity index (χ0) is 40.4. The number of ether oxygens (including phenoxy) is 2. The highest BCUT2D eigenvalue weighted by Gasteiger charge is 2.64. The molecule has 4 heterocycles. The van der Waals surface area contributed by atoms with E-state index >= 15 is 0 Å². The van der Waals surface area contributed by atoms with Gasteiger partial charge in [-0.25, -0.2) is 18.2 Å². The van der Waals surface area contributed by atoms with E-state index < -0.39 is 85.5 Å². The molecule has 4 fully saturated rings. The van der Waals surface area contributed by atoms with Gasteiger partial charge in [-0.1, -0.05) is 55.8 Å².